The highest BCUT2D eigenvalue weighted by Crippen LogP contribution is 2.31. The largest absolute Gasteiger partial charge is 0.698 e. The van der Waals surface area contributed by atoms with E-state index in [-0.39, 0.29) is 24.7 Å². The molecule has 0 radical (unpaired) electrons. The Labute approximate surface area is 196 Å². The van der Waals surface area contributed by atoms with Crippen molar-refractivity contribution in [2.45, 2.75) is 13.2 Å². The van der Waals surface area contributed by atoms with Gasteiger partial charge in [0, 0.05) is 4.57 Å². The number of benzene rings is 4. The molecule has 0 aliphatic rings. The molecule has 0 saturated heterocycles. The smallest absolute Gasteiger partial charge is 0.454 e. The minimum absolute atomic E-state index is 0.0284. The fourth-order valence-corrected chi connectivity index (χ4v) is 3.54. The van der Waals surface area contributed by atoms with Gasteiger partial charge in [-0.05, 0) is 59.7 Å². The molecule has 0 aliphatic carbocycles. The van der Waals surface area contributed by atoms with Gasteiger partial charge in [-0.25, -0.2) is 8.78 Å². The zero-order valence-corrected chi connectivity index (χ0v) is 18.8. The molecule has 4 aromatic rings. The fraction of sp³-hybridized carbons (Fsp3) is 0.0769. The summed E-state index contributed by atoms with van der Waals surface area (Å²) in [4.78, 5) is 0. The molecule has 5 nitrogen and oxygen atoms in total. The van der Waals surface area contributed by atoms with Crippen molar-refractivity contribution in [3.63, 3.8) is 0 Å². The van der Waals surface area contributed by atoms with Gasteiger partial charge < -0.3 is 9.47 Å². The molecule has 8 heteroatoms. The first-order valence-corrected chi connectivity index (χ1v) is 11.4. The van der Waals surface area contributed by atoms with Gasteiger partial charge in [0.15, 0.2) is 23.1 Å². The number of hydrogen-bond acceptors (Lipinski definition) is 5. The third-order valence-corrected chi connectivity index (χ3v) is 5.29. The lowest BCUT2D eigenvalue weighted by Gasteiger charge is -2.08. The van der Waals surface area contributed by atoms with Crippen molar-refractivity contribution in [3.05, 3.63) is 120 Å². The summed E-state index contributed by atoms with van der Waals surface area (Å²) in [5.74, 6) is -0.0230. The van der Waals surface area contributed by atoms with Crippen LogP contribution in [0.2, 0.25) is 0 Å². The third kappa shape index (κ3) is 6.68. The van der Waals surface area contributed by atoms with Crippen molar-refractivity contribution < 1.29 is 31.9 Å². The van der Waals surface area contributed by atoms with Crippen LogP contribution in [-0.2, 0) is 26.8 Å². The number of para-hydroxylation sites is 2. The van der Waals surface area contributed by atoms with Crippen LogP contribution in [0.25, 0.3) is 0 Å². The minimum atomic E-state index is -2.48. The Balaban J connectivity index is 1.31. The summed E-state index contributed by atoms with van der Waals surface area (Å²) in [6, 6.07) is 26.0. The second kappa shape index (κ2) is 11.5. The number of halogens is 2. The zero-order chi connectivity index (χ0) is 23.8. The molecule has 0 N–H and O–H groups in total. The molecule has 4 rings (SSSR count). The molecule has 0 unspecified atom stereocenters. The molecule has 0 aliphatic heterocycles. The zero-order valence-electron chi connectivity index (χ0n) is 17.9. The lowest BCUT2D eigenvalue weighted by atomic mass is 10.2. The van der Waals surface area contributed by atoms with Crippen LogP contribution in [0.5, 0.6) is 23.0 Å². The lowest BCUT2D eigenvalue weighted by molar-refractivity contribution is 0.212. The summed E-state index contributed by atoms with van der Waals surface area (Å²) < 4.78 is 61.9. The molecule has 0 saturated carbocycles. The van der Waals surface area contributed by atoms with Gasteiger partial charge in [-0.1, -0.05) is 48.5 Å². The third-order valence-electron chi connectivity index (χ3n) is 4.61. The Hall–Kier alpha value is -3.64. The van der Waals surface area contributed by atoms with Crippen molar-refractivity contribution in [3.8, 4) is 23.0 Å². The fourth-order valence-electron chi connectivity index (χ4n) is 2.95. The monoisotopic (exact) mass is 481 g/mol. The van der Waals surface area contributed by atoms with Crippen molar-refractivity contribution in [2.75, 3.05) is 0 Å². The highest BCUT2D eigenvalue weighted by molar-refractivity contribution is 7.33. The van der Waals surface area contributed by atoms with Gasteiger partial charge in [0.2, 0.25) is 0 Å². The summed E-state index contributed by atoms with van der Waals surface area (Å²) in [7, 11) is -2.48. The Morgan fingerprint density at radius 1 is 0.588 bits per heavy atom. The first kappa shape index (κ1) is 23.5. The van der Waals surface area contributed by atoms with E-state index in [2.05, 4.69) is 0 Å². The van der Waals surface area contributed by atoms with E-state index in [1.54, 1.807) is 48.5 Å². The predicted molar refractivity (Wildman–Crippen MR) is 123 cm³/mol. The summed E-state index contributed by atoms with van der Waals surface area (Å²) in [5.41, 5.74) is 1.11. The number of ether oxygens (including phenoxy) is 2. The average Bonchev–Trinajstić information content (AvgIpc) is 2.86. The van der Waals surface area contributed by atoms with Crippen molar-refractivity contribution in [1.29, 1.82) is 0 Å². The Morgan fingerprint density at radius 2 is 1.00 bits per heavy atom. The SMILES string of the molecule is O=[P+](OCc1ccc(F)c(Oc2ccccc2)c1)OCc1ccc(F)c(Oc2ccccc2)c1. The van der Waals surface area contributed by atoms with Crippen LogP contribution in [0.15, 0.2) is 97.1 Å². The maximum Gasteiger partial charge on any atom is 0.698 e. The van der Waals surface area contributed by atoms with Crippen molar-refractivity contribution in [1.82, 2.24) is 0 Å². The van der Waals surface area contributed by atoms with Crippen LogP contribution in [0.1, 0.15) is 11.1 Å². The average molecular weight is 481 g/mol. The predicted octanol–water partition coefficient (Wildman–Crippen LogP) is 7.94. The molecule has 4 aromatic carbocycles. The standard InChI is InChI=1S/C26H20F2O5P/c27-23-13-11-19(15-25(23)32-21-7-3-1-4-8-21)17-30-34(29)31-18-20-12-14-24(28)26(16-20)33-22-9-5-2-6-10-22/h1-16H,17-18H2/q+1. The summed E-state index contributed by atoms with van der Waals surface area (Å²) >= 11 is 0. The summed E-state index contributed by atoms with van der Waals surface area (Å²) in [5, 5.41) is 0. The van der Waals surface area contributed by atoms with Crippen molar-refractivity contribution in [2.24, 2.45) is 0 Å². The van der Waals surface area contributed by atoms with E-state index in [1.165, 1.54) is 36.4 Å². The number of rotatable bonds is 10. The van der Waals surface area contributed by atoms with E-state index >= 15 is 0 Å². The molecular weight excluding hydrogens is 461 g/mol. The van der Waals surface area contributed by atoms with E-state index in [9.17, 15) is 13.3 Å². The molecule has 0 fully saturated rings. The molecule has 172 valence electrons. The van der Waals surface area contributed by atoms with Crippen LogP contribution < -0.4 is 9.47 Å². The van der Waals surface area contributed by atoms with Gasteiger partial charge in [-0.3, -0.25) is 0 Å². The van der Waals surface area contributed by atoms with Crippen LogP contribution in [0, 0.1) is 11.6 Å². The molecule has 0 amide bonds. The lowest BCUT2D eigenvalue weighted by Crippen LogP contribution is -1.94. The van der Waals surface area contributed by atoms with Crippen LogP contribution in [0.3, 0.4) is 0 Å². The second-order valence-corrected chi connectivity index (χ2v) is 8.09. The topological polar surface area (TPSA) is 54.0 Å². The van der Waals surface area contributed by atoms with Crippen molar-refractivity contribution >= 4 is 8.25 Å². The Kier molecular flexibility index (Phi) is 7.94. The molecule has 0 bridgehead atoms. The van der Waals surface area contributed by atoms with Gasteiger partial charge in [-0.15, -0.1) is 9.05 Å². The molecule has 0 atom stereocenters. The first-order chi connectivity index (χ1) is 16.6. The van der Waals surface area contributed by atoms with Gasteiger partial charge in [-0.2, -0.15) is 0 Å². The molecular formula is C26H20F2O5P+. The Bertz CT molecular complexity index is 1160. The number of hydrogen-bond donors (Lipinski definition) is 0. The summed E-state index contributed by atoms with van der Waals surface area (Å²) in [6.07, 6.45) is 0. The van der Waals surface area contributed by atoms with Gasteiger partial charge in [0.1, 0.15) is 24.7 Å². The highest BCUT2D eigenvalue weighted by atomic mass is 31.1. The van der Waals surface area contributed by atoms with Crippen LogP contribution >= 0.6 is 8.25 Å². The molecule has 0 heterocycles. The second-order valence-electron chi connectivity index (χ2n) is 7.13. The quantitative estimate of drug-likeness (QED) is 0.215. The molecule has 0 aromatic heterocycles. The van der Waals surface area contributed by atoms with Crippen LogP contribution in [0.4, 0.5) is 8.78 Å². The maximum atomic E-state index is 14.1. The van der Waals surface area contributed by atoms with E-state index in [0.717, 1.165) is 0 Å². The van der Waals surface area contributed by atoms with E-state index in [1.807, 2.05) is 12.1 Å². The minimum Gasteiger partial charge on any atom is -0.454 e. The normalized spacial score (nSPS) is 10.6. The van der Waals surface area contributed by atoms with Crippen LogP contribution in [-0.4, -0.2) is 0 Å². The van der Waals surface area contributed by atoms with Gasteiger partial charge in [0.25, 0.3) is 0 Å². The summed E-state index contributed by atoms with van der Waals surface area (Å²) in [6.45, 7) is -0.154. The van der Waals surface area contributed by atoms with Gasteiger partial charge in [0.05, 0.1) is 0 Å². The molecule has 34 heavy (non-hydrogen) atoms. The Morgan fingerprint density at radius 3 is 1.41 bits per heavy atom. The van der Waals surface area contributed by atoms with E-state index in [0.29, 0.717) is 22.6 Å². The highest BCUT2D eigenvalue weighted by Gasteiger charge is 2.22. The van der Waals surface area contributed by atoms with E-state index in [4.69, 9.17) is 18.5 Å². The van der Waals surface area contributed by atoms with E-state index < -0.39 is 19.9 Å². The first-order valence-electron chi connectivity index (χ1n) is 10.3. The molecule has 0 spiro atoms. The van der Waals surface area contributed by atoms with Gasteiger partial charge >= 0.3 is 8.25 Å². The maximum absolute atomic E-state index is 14.1.